The molecule has 1 aromatic heterocycles. The molecule has 1 aliphatic heterocycles. The SMILES string of the molecule is CCc1cc(-c2cc(-c3ccc4c(c3)OCCO4)n[nH]2)c(O)cc1OC. The van der Waals surface area contributed by atoms with Crippen LogP contribution in [0.5, 0.6) is 23.0 Å². The van der Waals surface area contributed by atoms with Crippen molar-refractivity contribution < 1.29 is 19.3 Å². The minimum absolute atomic E-state index is 0.149. The molecule has 6 nitrogen and oxygen atoms in total. The predicted octanol–water partition coefficient (Wildman–Crippen LogP) is 3.79. The van der Waals surface area contributed by atoms with Gasteiger partial charge in [0.15, 0.2) is 11.5 Å². The number of fused-ring (bicyclic) bond motifs is 1. The van der Waals surface area contributed by atoms with Crippen LogP contribution >= 0.6 is 0 Å². The van der Waals surface area contributed by atoms with Gasteiger partial charge >= 0.3 is 0 Å². The van der Waals surface area contributed by atoms with E-state index in [1.807, 2.05) is 37.3 Å². The number of benzene rings is 2. The van der Waals surface area contributed by atoms with Crippen LogP contribution in [0.1, 0.15) is 12.5 Å². The summed E-state index contributed by atoms with van der Waals surface area (Å²) in [7, 11) is 1.60. The first kappa shape index (κ1) is 16.3. The second-order valence-corrected chi connectivity index (χ2v) is 6.06. The standard InChI is InChI=1S/C20H20N2O4/c1-3-12-8-14(17(23)11-19(12)24-2)16-10-15(21-22-16)13-4-5-18-20(9-13)26-7-6-25-18/h4-5,8-11,23H,3,6-7H2,1-2H3,(H,21,22). The summed E-state index contributed by atoms with van der Waals surface area (Å²) >= 11 is 0. The second kappa shape index (κ2) is 6.63. The van der Waals surface area contributed by atoms with Crippen molar-refractivity contribution in [1.82, 2.24) is 10.2 Å². The number of methoxy groups -OCH3 is 1. The number of hydrogen-bond acceptors (Lipinski definition) is 5. The molecule has 2 aromatic carbocycles. The van der Waals surface area contributed by atoms with Crippen molar-refractivity contribution in [3.63, 3.8) is 0 Å². The van der Waals surface area contributed by atoms with Crippen molar-refractivity contribution in [2.24, 2.45) is 0 Å². The molecule has 26 heavy (non-hydrogen) atoms. The maximum atomic E-state index is 10.4. The number of aromatic hydroxyl groups is 1. The largest absolute Gasteiger partial charge is 0.507 e. The number of nitrogens with one attached hydrogen (secondary N) is 1. The molecule has 2 heterocycles. The average molecular weight is 352 g/mol. The highest BCUT2D eigenvalue weighted by Crippen LogP contribution is 2.38. The third-order valence-corrected chi connectivity index (χ3v) is 4.49. The molecule has 0 radical (unpaired) electrons. The molecule has 3 aromatic rings. The first-order chi connectivity index (χ1) is 12.7. The Hall–Kier alpha value is -3.15. The van der Waals surface area contributed by atoms with Crippen molar-refractivity contribution in [3.05, 3.63) is 42.0 Å². The normalized spacial score (nSPS) is 12.8. The van der Waals surface area contributed by atoms with Crippen molar-refractivity contribution in [2.75, 3.05) is 20.3 Å². The zero-order valence-corrected chi connectivity index (χ0v) is 14.7. The first-order valence-electron chi connectivity index (χ1n) is 8.55. The maximum absolute atomic E-state index is 10.4. The maximum Gasteiger partial charge on any atom is 0.162 e. The smallest absolute Gasteiger partial charge is 0.162 e. The first-order valence-corrected chi connectivity index (χ1v) is 8.55. The number of hydrogen-bond donors (Lipinski definition) is 2. The lowest BCUT2D eigenvalue weighted by Gasteiger charge is -2.18. The van der Waals surface area contributed by atoms with Gasteiger partial charge in [0.25, 0.3) is 0 Å². The van der Waals surface area contributed by atoms with Crippen LogP contribution in [0.15, 0.2) is 36.4 Å². The number of aryl methyl sites for hydroxylation is 1. The minimum atomic E-state index is 0.149. The number of aromatic nitrogens is 2. The molecule has 1 aliphatic rings. The highest BCUT2D eigenvalue weighted by Gasteiger charge is 2.16. The van der Waals surface area contributed by atoms with E-state index in [-0.39, 0.29) is 5.75 Å². The summed E-state index contributed by atoms with van der Waals surface area (Å²) < 4.78 is 16.5. The molecule has 2 N–H and O–H groups in total. The Morgan fingerprint density at radius 1 is 1.12 bits per heavy atom. The Balaban J connectivity index is 1.70. The van der Waals surface area contributed by atoms with Crippen molar-refractivity contribution >= 4 is 0 Å². The number of H-pyrrole nitrogens is 1. The molecule has 0 aliphatic carbocycles. The number of rotatable bonds is 4. The monoisotopic (exact) mass is 352 g/mol. The van der Waals surface area contributed by atoms with Crippen LogP contribution in [0.4, 0.5) is 0 Å². The van der Waals surface area contributed by atoms with E-state index in [0.29, 0.717) is 24.5 Å². The number of nitrogens with zero attached hydrogens (tertiary/aromatic N) is 1. The summed E-state index contributed by atoms with van der Waals surface area (Å²) in [6.45, 7) is 3.16. The lowest BCUT2D eigenvalue weighted by Crippen LogP contribution is -2.15. The van der Waals surface area contributed by atoms with Crippen LogP contribution < -0.4 is 14.2 Å². The molecule has 4 rings (SSSR count). The van der Waals surface area contributed by atoms with Crippen LogP contribution in [0.2, 0.25) is 0 Å². The fourth-order valence-electron chi connectivity index (χ4n) is 3.11. The molecular weight excluding hydrogens is 332 g/mol. The summed E-state index contributed by atoms with van der Waals surface area (Å²) in [5.74, 6) is 2.30. The van der Waals surface area contributed by atoms with Gasteiger partial charge < -0.3 is 19.3 Å². The highest BCUT2D eigenvalue weighted by molar-refractivity contribution is 5.74. The highest BCUT2D eigenvalue weighted by atomic mass is 16.6. The van der Waals surface area contributed by atoms with Gasteiger partial charge in [-0.1, -0.05) is 6.92 Å². The van der Waals surface area contributed by atoms with Crippen molar-refractivity contribution in [3.8, 4) is 45.5 Å². The summed E-state index contributed by atoms with van der Waals surface area (Å²) in [6, 6.07) is 11.2. The Kier molecular flexibility index (Phi) is 4.16. The fraction of sp³-hybridized carbons (Fsp3) is 0.250. The van der Waals surface area contributed by atoms with Crippen LogP contribution in [0.25, 0.3) is 22.5 Å². The van der Waals surface area contributed by atoms with E-state index >= 15 is 0 Å². The molecule has 0 saturated carbocycles. The summed E-state index contributed by atoms with van der Waals surface area (Å²) in [6.07, 6.45) is 0.805. The minimum Gasteiger partial charge on any atom is -0.507 e. The fourth-order valence-corrected chi connectivity index (χ4v) is 3.11. The van der Waals surface area contributed by atoms with Gasteiger partial charge in [0.05, 0.1) is 18.5 Å². The van der Waals surface area contributed by atoms with E-state index in [1.165, 1.54) is 0 Å². The van der Waals surface area contributed by atoms with Crippen molar-refractivity contribution in [2.45, 2.75) is 13.3 Å². The summed E-state index contributed by atoms with van der Waals surface area (Å²) in [5.41, 5.74) is 4.14. The van der Waals surface area contributed by atoms with Gasteiger partial charge in [-0.3, -0.25) is 5.10 Å². The topological polar surface area (TPSA) is 76.6 Å². The Morgan fingerprint density at radius 3 is 2.69 bits per heavy atom. The van der Waals surface area contributed by atoms with E-state index in [0.717, 1.165) is 40.4 Å². The molecule has 0 unspecified atom stereocenters. The molecule has 134 valence electrons. The van der Waals surface area contributed by atoms with E-state index in [9.17, 15) is 5.11 Å². The third kappa shape index (κ3) is 2.83. The number of aromatic amines is 1. The molecule has 0 bridgehead atoms. The lowest BCUT2D eigenvalue weighted by molar-refractivity contribution is 0.171. The van der Waals surface area contributed by atoms with Crippen molar-refractivity contribution in [1.29, 1.82) is 0 Å². The van der Waals surface area contributed by atoms with E-state index in [2.05, 4.69) is 10.2 Å². The zero-order chi connectivity index (χ0) is 18.1. The van der Waals surface area contributed by atoms with E-state index in [4.69, 9.17) is 14.2 Å². The van der Waals surface area contributed by atoms with Crippen LogP contribution in [-0.2, 0) is 6.42 Å². The molecule has 0 atom stereocenters. The molecule has 0 fully saturated rings. The van der Waals surface area contributed by atoms with Crippen LogP contribution in [0, 0.1) is 0 Å². The van der Waals surface area contributed by atoms with Gasteiger partial charge in [-0.05, 0) is 42.3 Å². The number of ether oxygens (including phenoxy) is 3. The van der Waals surface area contributed by atoms with Gasteiger partial charge in [-0.2, -0.15) is 5.10 Å². The average Bonchev–Trinajstić information content (AvgIpc) is 3.17. The Bertz CT molecular complexity index is 949. The molecule has 0 spiro atoms. The number of phenols is 1. The summed E-state index contributed by atoms with van der Waals surface area (Å²) in [4.78, 5) is 0. The molecule has 0 saturated heterocycles. The molecular formula is C20H20N2O4. The van der Waals surface area contributed by atoms with Gasteiger partial charge in [0.2, 0.25) is 0 Å². The number of phenolic OH excluding ortho intramolecular Hbond substituents is 1. The zero-order valence-electron chi connectivity index (χ0n) is 14.7. The summed E-state index contributed by atoms with van der Waals surface area (Å²) in [5, 5.41) is 17.8. The van der Waals surface area contributed by atoms with E-state index < -0.39 is 0 Å². The quantitative estimate of drug-likeness (QED) is 0.747. The van der Waals surface area contributed by atoms with Crippen LogP contribution in [-0.4, -0.2) is 35.6 Å². The van der Waals surface area contributed by atoms with Gasteiger partial charge in [-0.25, -0.2) is 0 Å². The van der Waals surface area contributed by atoms with E-state index in [1.54, 1.807) is 13.2 Å². The third-order valence-electron chi connectivity index (χ3n) is 4.49. The predicted molar refractivity (Wildman–Crippen MR) is 98.0 cm³/mol. The van der Waals surface area contributed by atoms with Gasteiger partial charge in [0.1, 0.15) is 24.7 Å². The van der Waals surface area contributed by atoms with Gasteiger partial charge in [-0.15, -0.1) is 0 Å². The van der Waals surface area contributed by atoms with Crippen LogP contribution in [0.3, 0.4) is 0 Å². The van der Waals surface area contributed by atoms with Gasteiger partial charge in [0, 0.05) is 17.2 Å². The molecule has 6 heteroatoms. The second-order valence-electron chi connectivity index (χ2n) is 6.06. The Labute approximate surface area is 151 Å². The lowest BCUT2D eigenvalue weighted by atomic mass is 10.0. The Morgan fingerprint density at radius 2 is 1.92 bits per heavy atom. The molecule has 0 amide bonds.